The Labute approximate surface area is 153 Å². The van der Waals surface area contributed by atoms with Crippen LogP contribution in [0.1, 0.15) is 29.5 Å². The number of fused-ring (bicyclic) bond motifs is 1. The van der Waals surface area contributed by atoms with E-state index in [-0.39, 0.29) is 6.54 Å². The Bertz CT molecular complexity index is 1010. The molecule has 0 fully saturated rings. The van der Waals surface area contributed by atoms with E-state index in [9.17, 15) is 8.42 Å². The maximum absolute atomic E-state index is 12.7. The first-order valence-electron chi connectivity index (χ1n) is 8.73. The van der Waals surface area contributed by atoms with Gasteiger partial charge in [-0.1, -0.05) is 12.1 Å². The van der Waals surface area contributed by atoms with Crippen LogP contribution in [0.2, 0.25) is 0 Å². The highest BCUT2D eigenvalue weighted by molar-refractivity contribution is 7.89. The van der Waals surface area contributed by atoms with Gasteiger partial charge in [0.2, 0.25) is 10.0 Å². The molecular weight excluding hydrogens is 348 g/mol. The van der Waals surface area contributed by atoms with Crippen molar-refractivity contribution in [2.45, 2.75) is 37.1 Å². The molecule has 0 atom stereocenters. The zero-order valence-electron chi connectivity index (χ0n) is 14.3. The van der Waals surface area contributed by atoms with Gasteiger partial charge >= 0.3 is 0 Å². The first-order valence-corrected chi connectivity index (χ1v) is 10.2. The summed E-state index contributed by atoms with van der Waals surface area (Å²) in [7, 11) is -3.59. The topological polar surface area (TPSA) is 72.2 Å². The van der Waals surface area contributed by atoms with Crippen LogP contribution in [0.3, 0.4) is 0 Å². The zero-order valence-corrected chi connectivity index (χ0v) is 15.1. The van der Waals surface area contributed by atoms with Gasteiger partial charge in [-0.15, -0.1) is 0 Å². The molecule has 0 spiro atoms. The maximum atomic E-state index is 12.7. The Hall–Kier alpha value is -2.44. The van der Waals surface area contributed by atoms with Gasteiger partial charge in [0, 0.05) is 12.7 Å². The van der Waals surface area contributed by atoms with Gasteiger partial charge in [-0.2, -0.15) is 0 Å². The van der Waals surface area contributed by atoms with Gasteiger partial charge in [-0.25, -0.2) is 13.1 Å². The highest BCUT2D eigenvalue weighted by atomic mass is 32.2. The average molecular weight is 368 g/mol. The minimum absolute atomic E-state index is 0.156. The van der Waals surface area contributed by atoms with Crippen LogP contribution in [0, 0.1) is 0 Å². The molecule has 0 radical (unpaired) electrons. The van der Waals surface area contributed by atoms with E-state index in [2.05, 4.69) is 9.71 Å². The second kappa shape index (κ2) is 7.05. The Morgan fingerprint density at radius 1 is 1.04 bits per heavy atom. The van der Waals surface area contributed by atoms with Crippen molar-refractivity contribution in [3.63, 3.8) is 0 Å². The number of benzene rings is 1. The summed E-state index contributed by atoms with van der Waals surface area (Å²) in [4.78, 5) is 4.64. The normalized spacial score (nSPS) is 14.2. The maximum Gasteiger partial charge on any atom is 0.240 e. The van der Waals surface area contributed by atoms with E-state index in [0.29, 0.717) is 16.3 Å². The van der Waals surface area contributed by atoms with Crippen LogP contribution in [0.5, 0.6) is 0 Å². The third-order valence-corrected chi connectivity index (χ3v) is 6.13. The van der Waals surface area contributed by atoms with E-state index < -0.39 is 10.0 Å². The Kier molecular flexibility index (Phi) is 4.61. The van der Waals surface area contributed by atoms with E-state index in [1.165, 1.54) is 12.0 Å². The summed E-state index contributed by atoms with van der Waals surface area (Å²) in [6.45, 7) is 0.156. The minimum atomic E-state index is -3.59. The molecule has 2 heterocycles. The SMILES string of the molecule is O=S(=O)(NCc1cccnc1-c1ccco1)c1ccc2c(c1)CCCC2. The van der Waals surface area contributed by atoms with Gasteiger partial charge in [0.1, 0.15) is 5.69 Å². The van der Waals surface area contributed by atoms with Gasteiger partial charge < -0.3 is 4.42 Å². The molecule has 5 nitrogen and oxygen atoms in total. The largest absolute Gasteiger partial charge is 0.463 e. The predicted octanol–water partition coefficient (Wildman–Crippen LogP) is 3.70. The number of nitrogens with one attached hydrogen (secondary N) is 1. The van der Waals surface area contributed by atoms with Crippen molar-refractivity contribution < 1.29 is 12.8 Å². The zero-order chi connectivity index (χ0) is 18.0. The highest BCUT2D eigenvalue weighted by Crippen LogP contribution is 2.25. The molecule has 0 amide bonds. The van der Waals surface area contributed by atoms with Crippen LogP contribution >= 0.6 is 0 Å². The molecule has 0 bridgehead atoms. The van der Waals surface area contributed by atoms with Crippen molar-refractivity contribution >= 4 is 10.0 Å². The molecule has 1 N–H and O–H groups in total. The molecular formula is C20H20N2O3S. The van der Waals surface area contributed by atoms with Crippen LogP contribution in [-0.2, 0) is 29.4 Å². The van der Waals surface area contributed by atoms with Crippen LogP contribution in [0.25, 0.3) is 11.5 Å². The number of rotatable bonds is 5. The first kappa shape index (κ1) is 17.0. The van der Waals surface area contributed by atoms with Crippen molar-refractivity contribution in [1.29, 1.82) is 0 Å². The van der Waals surface area contributed by atoms with Crippen molar-refractivity contribution in [3.05, 3.63) is 71.6 Å². The second-order valence-electron chi connectivity index (χ2n) is 6.45. The van der Waals surface area contributed by atoms with Gasteiger partial charge in [0.05, 0.1) is 11.2 Å². The van der Waals surface area contributed by atoms with Crippen LogP contribution in [-0.4, -0.2) is 13.4 Å². The molecule has 1 aromatic carbocycles. The predicted molar refractivity (Wildman–Crippen MR) is 99.0 cm³/mol. The second-order valence-corrected chi connectivity index (χ2v) is 8.22. The fraction of sp³-hybridized carbons (Fsp3) is 0.250. The number of aryl methyl sites for hydroxylation is 2. The molecule has 1 aliphatic carbocycles. The van der Waals surface area contributed by atoms with Gasteiger partial charge in [0.15, 0.2) is 5.76 Å². The van der Waals surface area contributed by atoms with Crippen LogP contribution < -0.4 is 4.72 Å². The third-order valence-electron chi connectivity index (χ3n) is 4.73. The molecule has 134 valence electrons. The third kappa shape index (κ3) is 3.43. The van der Waals surface area contributed by atoms with Crippen molar-refractivity contribution in [1.82, 2.24) is 9.71 Å². The lowest BCUT2D eigenvalue weighted by atomic mass is 9.92. The van der Waals surface area contributed by atoms with Crippen LogP contribution in [0.4, 0.5) is 0 Å². The molecule has 0 aliphatic heterocycles. The van der Waals surface area contributed by atoms with E-state index in [4.69, 9.17) is 4.42 Å². The van der Waals surface area contributed by atoms with Gasteiger partial charge in [-0.05, 0) is 72.7 Å². The van der Waals surface area contributed by atoms with Crippen molar-refractivity contribution in [2.24, 2.45) is 0 Å². The Morgan fingerprint density at radius 2 is 1.88 bits per heavy atom. The number of nitrogens with zero attached hydrogens (tertiary/aromatic N) is 1. The Morgan fingerprint density at radius 3 is 2.69 bits per heavy atom. The molecule has 1 aliphatic rings. The summed E-state index contributed by atoms with van der Waals surface area (Å²) in [6.07, 6.45) is 7.51. The molecule has 2 aromatic heterocycles. The standard InChI is InChI=1S/C20H20N2O3S/c23-26(24,18-10-9-15-5-1-2-6-16(15)13-18)22-14-17-7-3-11-21-20(17)19-8-4-12-25-19/h3-4,7-13,22H,1-2,5-6,14H2. The number of hydrogen-bond donors (Lipinski definition) is 1. The lowest BCUT2D eigenvalue weighted by Gasteiger charge is -2.17. The number of pyridine rings is 1. The van der Waals surface area contributed by atoms with E-state index in [0.717, 1.165) is 30.4 Å². The Balaban J connectivity index is 1.56. The number of aromatic nitrogens is 1. The summed E-state index contributed by atoms with van der Waals surface area (Å²) in [6, 6.07) is 12.7. The molecule has 4 rings (SSSR count). The van der Waals surface area contributed by atoms with Crippen molar-refractivity contribution in [3.8, 4) is 11.5 Å². The fourth-order valence-electron chi connectivity index (χ4n) is 3.35. The fourth-order valence-corrected chi connectivity index (χ4v) is 4.41. The smallest absolute Gasteiger partial charge is 0.240 e. The highest BCUT2D eigenvalue weighted by Gasteiger charge is 2.18. The van der Waals surface area contributed by atoms with E-state index in [1.807, 2.05) is 24.3 Å². The first-order chi connectivity index (χ1) is 12.6. The van der Waals surface area contributed by atoms with E-state index in [1.54, 1.807) is 30.7 Å². The number of furan rings is 1. The minimum Gasteiger partial charge on any atom is -0.463 e. The lowest BCUT2D eigenvalue weighted by molar-refractivity contribution is 0.575. The summed E-state index contributed by atoms with van der Waals surface area (Å²) in [5, 5.41) is 0. The molecule has 26 heavy (non-hydrogen) atoms. The molecule has 6 heteroatoms. The lowest BCUT2D eigenvalue weighted by Crippen LogP contribution is -2.24. The number of sulfonamides is 1. The van der Waals surface area contributed by atoms with Crippen LogP contribution in [0.15, 0.2) is 64.2 Å². The summed E-state index contributed by atoms with van der Waals surface area (Å²) >= 11 is 0. The summed E-state index contributed by atoms with van der Waals surface area (Å²) < 4.78 is 33.6. The average Bonchev–Trinajstić information content (AvgIpc) is 3.21. The quantitative estimate of drug-likeness (QED) is 0.745. The molecule has 0 unspecified atom stereocenters. The summed E-state index contributed by atoms with van der Waals surface area (Å²) in [5.74, 6) is 0.619. The monoisotopic (exact) mass is 368 g/mol. The molecule has 0 saturated carbocycles. The van der Waals surface area contributed by atoms with E-state index >= 15 is 0 Å². The van der Waals surface area contributed by atoms with Gasteiger partial charge in [-0.3, -0.25) is 4.98 Å². The molecule has 0 saturated heterocycles. The van der Waals surface area contributed by atoms with Gasteiger partial charge in [0.25, 0.3) is 0 Å². The molecule has 3 aromatic rings. The van der Waals surface area contributed by atoms with Crippen molar-refractivity contribution in [2.75, 3.05) is 0 Å². The number of hydrogen-bond acceptors (Lipinski definition) is 4. The summed E-state index contributed by atoms with van der Waals surface area (Å²) in [5.41, 5.74) is 3.83.